The number of rotatable bonds is 13. The number of halogens is 2. The molecule has 4 aliphatic carbocycles. The van der Waals surface area contributed by atoms with E-state index in [1.54, 1.807) is 81.4 Å². The maximum absolute atomic E-state index is 13.1. The molecule has 12 atom stereocenters. The number of nitrogens with one attached hydrogen (secondary N) is 2. The molecular formula is C72H122Cl2N6O19S4. The number of carbonyl (C=O) groups excluding carboxylic acids is 8. The first-order valence-electron chi connectivity index (χ1n) is 32.7. The lowest BCUT2D eigenvalue weighted by Crippen LogP contribution is -2.76. The van der Waals surface area contributed by atoms with Crippen molar-refractivity contribution in [3.05, 3.63) is 46.5 Å². The van der Waals surface area contributed by atoms with Gasteiger partial charge in [0, 0.05) is 36.1 Å². The Morgan fingerprint density at radius 3 is 1.24 bits per heavy atom. The number of nitrogens with zero attached hydrogens (tertiary/aromatic N) is 3. The fourth-order valence-corrected chi connectivity index (χ4v) is 14.6. The zero-order valence-corrected chi connectivity index (χ0v) is 66.6. The van der Waals surface area contributed by atoms with E-state index in [9.17, 15) is 58.5 Å². The van der Waals surface area contributed by atoms with Gasteiger partial charge in [-0.25, -0.2) is 28.8 Å². The molecule has 0 unspecified atom stereocenters. The Kier molecular flexibility index (Phi) is 38.3. The molecule has 0 radical (unpaired) electrons. The Morgan fingerprint density at radius 1 is 0.573 bits per heavy atom. The number of ether oxygens (including phenoxy) is 7. The summed E-state index contributed by atoms with van der Waals surface area (Å²) < 4.78 is 39.3. The lowest BCUT2D eigenvalue weighted by Gasteiger charge is -2.62. The van der Waals surface area contributed by atoms with E-state index in [4.69, 9.17) is 38.9 Å². The van der Waals surface area contributed by atoms with E-state index < -0.39 is 105 Å². The molecule has 8 aliphatic rings. The molecule has 2 saturated heterocycles. The third-order valence-corrected chi connectivity index (χ3v) is 19.1. The smallest absolute Gasteiger partial charge is 0.413 e. The first-order valence-corrected chi connectivity index (χ1v) is 32.7. The number of likely N-dealkylation sites (N-methyl/N-ethyl adjacent to an activating group) is 2. The van der Waals surface area contributed by atoms with Crippen LogP contribution in [0.15, 0.2) is 29.3 Å². The third-order valence-electron chi connectivity index (χ3n) is 19.1. The van der Waals surface area contributed by atoms with Crippen LogP contribution in [0.3, 0.4) is 0 Å². The van der Waals surface area contributed by atoms with Gasteiger partial charge in [0.1, 0.15) is 34.9 Å². The van der Waals surface area contributed by atoms with E-state index in [1.807, 2.05) is 74.7 Å². The second-order valence-corrected chi connectivity index (χ2v) is 30.6. The lowest BCUT2D eigenvalue weighted by molar-refractivity contribution is -0.185. The van der Waals surface area contributed by atoms with Crippen molar-refractivity contribution in [2.75, 3.05) is 27.2 Å². The predicted molar refractivity (Wildman–Crippen MR) is 419 cm³/mol. The summed E-state index contributed by atoms with van der Waals surface area (Å²) in [6, 6.07) is 3.57. The highest BCUT2D eigenvalue weighted by Gasteiger charge is 2.74. The first-order chi connectivity index (χ1) is 43.4. The van der Waals surface area contributed by atoms with E-state index in [-0.39, 0.29) is 179 Å². The number of aliphatic imine (C=N–C) groups is 1. The number of amides is 2. The molecule has 2 amide bonds. The van der Waals surface area contributed by atoms with Crippen molar-refractivity contribution in [2.45, 2.75) is 279 Å². The van der Waals surface area contributed by atoms with Crippen molar-refractivity contribution in [1.29, 1.82) is 0 Å². The first kappa shape index (κ1) is 102. The molecule has 2 saturated carbocycles. The highest BCUT2D eigenvalue weighted by atomic mass is 35.5. The molecule has 103 heavy (non-hydrogen) atoms. The van der Waals surface area contributed by atoms with E-state index in [0.717, 1.165) is 35.3 Å². The number of benzene rings is 2. The van der Waals surface area contributed by atoms with Crippen molar-refractivity contribution in [1.82, 2.24) is 20.4 Å². The summed E-state index contributed by atoms with van der Waals surface area (Å²) in [5, 5.41) is 38.4. The summed E-state index contributed by atoms with van der Waals surface area (Å²) in [7, 11) is 4.01. The molecule has 0 aromatic heterocycles. The molecule has 7 N–H and O–H groups in total. The molecular weight excluding hydrogens is 1450 g/mol. The number of Topliss-reactive ketones (excluding diaryl/α,β-unsaturated/α-hetero) is 2. The number of ketones is 2. The number of carbonyl (C=O) groups is 8. The summed E-state index contributed by atoms with van der Waals surface area (Å²) in [4.78, 5) is 116. The largest absolute Gasteiger partial charge is 0.480 e. The molecule has 4 bridgehead atoms. The second kappa shape index (κ2) is 38.7. The van der Waals surface area contributed by atoms with Gasteiger partial charge in [-0.1, -0.05) is 89.8 Å². The standard InChI is InChI=1S/C27H36N2O7.C23H28N2O7.C10H17NO3.C9H19NO2.3CH4.2ClH.4H2S/c1-14(2)20(23(31)36-25(3,4)5)28-24(32)34-17-8-7-15-13-18-27(33)10-9-16(30)22-26(27,11-12-29(18)6)19(15)21(17)35-22;1-11(2)17(20(27)28)24-21(29)31-14-5-4-12-10-15-23(30)7-6-13(26)19-22(23,8-9-25(15)3)16(12)18(14)32-19;1-7(2)8(11-6-12)9(13)14-10(3,4)5;1-6(2)7(10)8(11)12-9(3,4)5;;;;;;;;;/h7-8,14,18,20,22,33H,9-13H2,1-6H3,(H,28,32);4-5,11,15,17,19,30H,6-10H2,1-3H3,(H,24,29)(H,27,28);7-8H,1-5H3;6-7H,10H2,1-5H3;3*1H4;2*1H;4*1H2/t18-,20-,22+,26+,27-;15-,17-,19+,22+,23-;8-;7-;;;;;;;;;/m1100........./s1. The number of hydrogen-bond donors (Lipinski definition) is 6. The van der Waals surface area contributed by atoms with E-state index in [0.29, 0.717) is 50.0 Å². The minimum Gasteiger partial charge on any atom is -0.480 e. The van der Waals surface area contributed by atoms with Gasteiger partial charge in [-0.15, -0.1) is 24.8 Å². The number of aliphatic hydroxyl groups is 2. The molecule has 25 nitrogen and oxygen atoms in total. The Balaban J connectivity index is -0.00000137. The van der Waals surface area contributed by atoms with Crippen molar-refractivity contribution < 1.29 is 91.6 Å². The normalized spacial score (nSPS) is 24.8. The fraction of sp³-hybridized carbons (Fsp3) is 0.708. The number of likely N-dealkylation sites (tertiary alicyclic amines) is 2. The van der Waals surface area contributed by atoms with Crippen LogP contribution in [0.1, 0.15) is 201 Å². The number of esters is 3. The van der Waals surface area contributed by atoms with Gasteiger partial charge >= 0.3 is 36.1 Å². The lowest BCUT2D eigenvalue weighted by atomic mass is 9.49. The second-order valence-electron chi connectivity index (χ2n) is 30.6. The SMILES string of the molecule is C.C.C.CC(C)[C@@H](NC(=O)Oc1ccc2c3c1O[C@H]1C(=O)CC[C@@]4(O)[C@@H](C2)N(C)CC[C@]314)C(=O)O.CC(C)[C@@H](NC(=O)Oc1ccc2c3c1O[C@H]1C(=O)CC[C@@]4(O)[C@@H](C2)N(C)CC[C@]314)C(=O)OC(C)(C)C.CC(C)[C@H](N)C(=O)OC(C)(C)C.CC(C)[C@H](N=C=O)C(=O)OC(C)(C)C.Cl.Cl.S.S.S.S. The topological polar surface area (TPSA) is 348 Å². The fourth-order valence-electron chi connectivity index (χ4n) is 14.6. The molecule has 10 rings (SSSR count). The van der Waals surface area contributed by atoms with Gasteiger partial charge < -0.3 is 74.6 Å². The summed E-state index contributed by atoms with van der Waals surface area (Å²) in [6.45, 7) is 31.9. The summed E-state index contributed by atoms with van der Waals surface area (Å²) in [6.07, 6.45) is 1.68. The van der Waals surface area contributed by atoms with Gasteiger partial charge in [0.2, 0.25) is 6.08 Å². The number of hydrogen-bond acceptors (Lipinski definition) is 22. The summed E-state index contributed by atoms with van der Waals surface area (Å²) in [5.41, 5.74) is 3.54. The minimum atomic E-state index is -1.15. The highest BCUT2D eigenvalue weighted by Crippen LogP contribution is 2.66. The van der Waals surface area contributed by atoms with Crippen LogP contribution < -0.4 is 35.3 Å². The van der Waals surface area contributed by atoms with Gasteiger partial charge in [0.25, 0.3) is 0 Å². The molecule has 2 aromatic carbocycles. The Morgan fingerprint density at radius 2 is 0.922 bits per heavy atom. The minimum absolute atomic E-state index is 0. The van der Waals surface area contributed by atoms with Crippen molar-refractivity contribution in [2.24, 2.45) is 34.4 Å². The zero-order valence-electron chi connectivity index (χ0n) is 60.9. The van der Waals surface area contributed by atoms with E-state index in [2.05, 4.69) is 25.4 Å². The van der Waals surface area contributed by atoms with Gasteiger partial charge in [-0.05, 0) is 175 Å². The number of carboxylic acid groups (broad SMARTS) is 1. The van der Waals surface area contributed by atoms with Crippen LogP contribution in [0.2, 0.25) is 0 Å². The number of carboxylic acids is 1. The number of nitrogens with two attached hydrogens (primary N) is 1. The van der Waals surface area contributed by atoms with Crippen LogP contribution in [0.25, 0.3) is 0 Å². The Bertz CT molecular complexity index is 3340. The van der Waals surface area contributed by atoms with Crippen molar-refractivity contribution in [3.63, 3.8) is 0 Å². The van der Waals surface area contributed by atoms with E-state index in [1.165, 1.54) is 6.08 Å². The molecule has 592 valence electrons. The van der Waals surface area contributed by atoms with Gasteiger partial charge in [-0.2, -0.15) is 59.0 Å². The van der Waals surface area contributed by atoms with Crippen LogP contribution in [-0.2, 0) is 71.4 Å². The van der Waals surface area contributed by atoms with Crippen LogP contribution >= 0.6 is 78.8 Å². The molecule has 31 heteroatoms. The zero-order chi connectivity index (χ0) is 70.5. The maximum atomic E-state index is 13.1. The third kappa shape index (κ3) is 20.8. The molecule has 4 heterocycles. The average molecular weight is 1570 g/mol. The van der Waals surface area contributed by atoms with Gasteiger partial charge in [-0.3, -0.25) is 14.4 Å². The van der Waals surface area contributed by atoms with Crippen LogP contribution in [0, 0.1) is 23.7 Å². The average Bonchev–Trinajstić information content (AvgIpc) is 1.58. The van der Waals surface area contributed by atoms with Crippen LogP contribution in [-0.4, -0.2) is 182 Å². The summed E-state index contributed by atoms with van der Waals surface area (Å²) >= 11 is 0. The molecule has 2 aromatic rings. The molecule has 2 spiro atoms. The number of isocyanates is 1. The van der Waals surface area contributed by atoms with Crippen LogP contribution in [0.4, 0.5) is 9.59 Å². The van der Waals surface area contributed by atoms with Gasteiger partial charge in [0.15, 0.2) is 52.8 Å². The summed E-state index contributed by atoms with van der Waals surface area (Å²) in [5.74, 6) is -2.11. The van der Waals surface area contributed by atoms with Gasteiger partial charge in [0.05, 0.1) is 22.0 Å². The van der Waals surface area contributed by atoms with E-state index >= 15 is 0 Å². The quantitative estimate of drug-likeness (QED) is 0.0470. The highest BCUT2D eigenvalue weighted by molar-refractivity contribution is 7.59. The van der Waals surface area contributed by atoms with Crippen LogP contribution in [0.5, 0.6) is 23.0 Å². The Hall–Kier alpha value is -5.04. The molecule has 4 fully saturated rings. The monoisotopic (exact) mass is 1570 g/mol. The van der Waals surface area contributed by atoms with Crippen molar-refractivity contribution >= 4 is 133 Å². The predicted octanol–water partition coefficient (Wildman–Crippen LogP) is 9.93. The maximum Gasteiger partial charge on any atom is 0.413 e. The molecule has 4 aliphatic heterocycles. The van der Waals surface area contributed by atoms with Crippen molar-refractivity contribution in [3.8, 4) is 23.0 Å². The number of aliphatic carboxylic acids is 1. The Labute approximate surface area is 650 Å². The number of piperidine rings is 2.